The minimum absolute atomic E-state index is 0.0138. The Labute approximate surface area is 195 Å². The number of hydrogen-bond donors (Lipinski definition) is 1. The average Bonchev–Trinajstić information content (AvgIpc) is 3.26. The van der Waals surface area contributed by atoms with E-state index in [9.17, 15) is 18.3 Å². The van der Waals surface area contributed by atoms with Crippen LogP contribution in [0.3, 0.4) is 0 Å². The first-order chi connectivity index (χ1) is 15.9. The molecule has 0 saturated carbocycles. The zero-order chi connectivity index (χ0) is 23.7. The largest absolute Gasteiger partial charge is 0.422 e. The number of benzene rings is 2. The van der Waals surface area contributed by atoms with Crippen molar-refractivity contribution < 1.29 is 18.3 Å². The minimum atomic E-state index is -4.76. The van der Waals surface area contributed by atoms with Crippen LogP contribution in [-0.2, 0) is 0 Å². The SMILES string of the molecule is CCCCCCCC(O)(/C=N/N1CCC[C@H]1C(c1ccccc1)c1ccccc1)C(F)(F)F. The van der Waals surface area contributed by atoms with Crippen LogP contribution >= 0.6 is 0 Å². The second-order valence-corrected chi connectivity index (χ2v) is 9.00. The maximum atomic E-state index is 13.8. The Hall–Kier alpha value is -2.34. The molecule has 1 unspecified atom stereocenters. The molecule has 1 fully saturated rings. The van der Waals surface area contributed by atoms with E-state index in [1.54, 1.807) is 5.01 Å². The summed E-state index contributed by atoms with van der Waals surface area (Å²) >= 11 is 0. The molecule has 6 heteroatoms. The van der Waals surface area contributed by atoms with Crippen molar-refractivity contribution in [3.63, 3.8) is 0 Å². The highest BCUT2D eigenvalue weighted by molar-refractivity contribution is 5.69. The van der Waals surface area contributed by atoms with E-state index in [1.807, 2.05) is 36.4 Å². The molecule has 2 aromatic rings. The van der Waals surface area contributed by atoms with E-state index in [4.69, 9.17) is 0 Å². The quantitative estimate of drug-likeness (QED) is 0.292. The monoisotopic (exact) mass is 460 g/mol. The van der Waals surface area contributed by atoms with E-state index in [0.29, 0.717) is 19.4 Å². The molecule has 0 bridgehead atoms. The molecule has 2 aromatic carbocycles. The number of hydrazone groups is 1. The average molecular weight is 461 g/mol. The van der Waals surface area contributed by atoms with Gasteiger partial charge in [-0.1, -0.05) is 93.3 Å². The third kappa shape index (κ3) is 6.59. The maximum absolute atomic E-state index is 13.8. The van der Waals surface area contributed by atoms with Gasteiger partial charge in [0.2, 0.25) is 0 Å². The van der Waals surface area contributed by atoms with E-state index in [1.165, 1.54) is 0 Å². The van der Waals surface area contributed by atoms with Crippen molar-refractivity contribution in [2.45, 2.75) is 82.0 Å². The molecule has 0 spiro atoms. The van der Waals surface area contributed by atoms with Gasteiger partial charge >= 0.3 is 6.18 Å². The summed E-state index contributed by atoms with van der Waals surface area (Å²) in [5.41, 5.74) is -0.683. The fraction of sp³-hybridized carbons (Fsp3) is 0.519. The Morgan fingerprint density at radius 1 is 0.970 bits per heavy atom. The van der Waals surface area contributed by atoms with Gasteiger partial charge in [-0.05, 0) is 36.8 Å². The number of hydrogen-bond acceptors (Lipinski definition) is 3. The van der Waals surface area contributed by atoms with Gasteiger partial charge in [-0.15, -0.1) is 0 Å². The van der Waals surface area contributed by atoms with Gasteiger partial charge in [0, 0.05) is 12.5 Å². The number of aliphatic hydroxyl groups is 1. The lowest BCUT2D eigenvalue weighted by molar-refractivity contribution is -0.231. The van der Waals surface area contributed by atoms with Crippen LogP contribution in [0.5, 0.6) is 0 Å². The normalized spacial score (nSPS) is 18.8. The van der Waals surface area contributed by atoms with Gasteiger partial charge in [-0.25, -0.2) is 0 Å². The summed E-state index contributed by atoms with van der Waals surface area (Å²) in [4.78, 5) is 0. The maximum Gasteiger partial charge on any atom is 0.422 e. The van der Waals surface area contributed by atoms with E-state index >= 15 is 0 Å². The Bertz CT molecular complexity index is 817. The number of alkyl halides is 3. The number of halogens is 3. The highest BCUT2D eigenvalue weighted by atomic mass is 19.4. The molecule has 0 aromatic heterocycles. The van der Waals surface area contributed by atoms with Gasteiger partial charge in [0.15, 0.2) is 5.60 Å². The van der Waals surface area contributed by atoms with Crippen LogP contribution < -0.4 is 0 Å². The summed E-state index contributed by atoms with van der Waals surface area (Å²) in [5.74, 6) is -0.0138. The molecule has 0 radical (unpaired) electrons. The van der Waals surface area contributed by atoms with Crippen molar-refractivity contribution >= 4 is 6.21 Å². The number of nitrogens with zero attached hydrogens (tertiary/aromatic N) is 2. The van der Waals surface area contributed by atoms with E-state index < -0.39 is 11.8 Å². The van der Waals surface area contributed by atoms with Crippen LogP contribution in [0.1, 0.15) is 75.3 Å². The lowest BCUT2D eigenvalue weighted by atomic mass is 9.84. The third-order valence-corrected chi connectivity index (χ3v) is 6.54. The van der Waals surface area contributed by atoms with Crippen molar-refractivity contribution in [3.05, 3.63) is 71.8 Å². The van der Waals surface area contributed by atoms with E-state index in [0.717, 1.165) is 49.4 Å². The highest BCUT2D eigenvalue weighted by Crippen LogP contribution is 2.38. The molecule has 3 rings (SSSR count). The second-order valence-electron chi connectivity index (χ2n) is 9.00. The molecule has 0 amide bonds. The predicted molar refractivity (Wildman–Crippen MR) is 127 cm³/mol. The van der Waals surface area contributed by atoms with E-state index in [2.05, 4.69) is 36.3 Å². The topological polar surface area (TPSA) is 35.8 Å². The highest BCUT2D eigenvalue weighted by Gasteiger charge is 2.52. The summed E-state index contributed by atoms with van der Waals surface area (Å²) in [5, 5.41) is 16.5. The first kappa shape index (κ1) is 25.3. The fourth-order valence-corrected chi connectivity index (χ4v) is 4.66. The van der Waals surface area contributed by atoms with Gasteiger partial charge in [0.25, 0.3) is 0 Å². The third-order valence-electron chi connectivity index (χ3n) is 6.54. The van der Waals surface area contributed by atoms with Crippen LogP contribution in [0.2, 0.25) is 0 Å². The smallest absolute Gasteiger partial charge is 0.376 e. The molecule has 3 nitrogen and oxygen atoms in total. The Morgan fingerprint density at radius 2 is 1.55 bits per heavy atom. The number of rotatable bonds is 11. The minimum Gasteiger partial charge on any atom is -0.376 e. The Morgan fingerprint density at radius 3 is 2.09 bits per heavy atom. The standard InChI is InChI=1S/C27H35F3N2O/c1-2-3-4-5-12-19-26(33,27(28,29)30)21-31-32-20-13-18-24(32)25(22-14-8-6-9-15-22)23-16-10-7-11-17-23/h6-11,14-17,21,24-25,33H,2-5,12-13,18-20H2,1H3/b31-21+/t24-,26?/m0/s1. The van der Waals surface area contributed by atoms with Crippen molar-refractivity contribution in [1.82, 2.24) is 5.01 Å². The van der Waals surface area contributed by atoms with Gasteiger partial charge in [-0.2, -0.15) is 18.3 Å². The van der Waals surface area contributed by atoms with Crippen LogP contribution in [0.25, 0.3) is 0 Å². The molecule has 1 aliphatic heterocycles. The Kier molecular flexibility index (Phi) is 8.95. The van der Waals surface area contributed by atoms with Gasteiger partial charge in [-0.3, -0.25) is 5.01 Å². The zero-order valence-electron chi connectivity index (χ0n) is 19.3. The molecular formula is C27H35F3N2O. The summed E-state index contributed by atoms with van der Waals surface area (Å²) in [6.07, 6.45) is 1.20. The van der Waals surface area contributed by atoms with Crippen molar-refractivity contribution in [1.29, 1.82) is 0 Å². The summed E-state index contributed by atoms with van der Waals surface area (Å²) in [6, 6.07) is 20.0. The second kappa shape index (κ2) is 11.7. The van der Waals surface area contributed by atoms with Crippen LogP contribution in [-0.4, -0.2) is 40.7 Å². The predicted octanol–water partition coefficient (Wildman–Crippen LogP) is 6.92. The number of unbranched alkanes of at least 4 members (excludes halogenated alkanes) is 4. The fourth-order valence-electron chi connectivity index (χ4n) is 4.66. The first-order valence-electron chi connectivity index (χ1n) is 12.1. The van der Waals surface area contributed by atoms with Crippen LogP contribution in [0.4, 0.5) is 13.2 Å². The molecule has 2 atom stereocenters. The molecular weight excluding hydrogens is 425 g/mol. The molecule has 180 valence electrons. The van der Waals surface area contributed by atoms with Gasteiger partial charge in [0.05, 0.1) is 12.3 Å². The lowest BCUT2D eigenvalue weighted by Gasteiger charge is -2.32. The van der Waals surface area contributed by atoms with Gasteiger partial charge in [0.1, 0.15) is 0 Å². The van der Waals surface area contributed by atoms with Crippen LogP contribution in [0.15, 0.2) is 65.8 Å². The van der Waals surface area contributed by atoms with Crippen LogP contribution in [0, 0.1) is 0 Å². The summed E-state index contributed by atoms with van der Waals surface area (Å²) < 4.78 is 41.3. The molecule has 1 heterocycles. The van der Waals surface area contributed by atoms with Crippen molar-refractivity contribution in [3.8, 4) is 0 Å². The molecule has 1 N–H and O–H groups in total. The molecule has 1 saturated heterocycles. The Balaban J connectivity index is 1.82. The van der Waals surface area contributed by atoms with Gasteiger partial charge < -0.3 is 5.11 Å². The molecule has 0 aliphatic carbocycles. The molecule has 1 aliphatic rings. The molecule has 33 heavy (non-hydrogen) atoms. The summed E-state index contributed by atoms with van der Waals surface area (Å²) in [7, 11) is 0. The summed E-state index contributed by atoms with van der Waals surface area (Å²) in [6.45, 7) is 2.63. The van der Waals surface area contributed by atoms with Crippen molar-refractivity contribution in [2.24, 2.45) is 5.10 Å². The zero-order valence-corrected chi connectivity index (χ0v) is 19.3. The lowest BCUT2D eigenvalue weighted by Crippen LogP contribution is -2.47. The first-order valence-corrected chi connectivity index (χ1v) is 12.1. The van der Waals surface area contributed by atoms with Crippen molar-refractivity contribution in [2.75, 3.05) is 6.54 Å². The van der Waals surface area contributed by atoms with E-state index in [-0.39, 0.29) is 18.4 Å².